The van der Waals surface area contributed by atoms with Gasteiger partial charge in [0.25, 0.3) is 5.91 Å². The first kappa shape index (κ1) is 15.0. The number of aromatic nitrogens is 2. The van der Waals surface area contributed by atoms with Crippen LogP contribution in [-0.4, -0.2) is 22.3 Å². The van der Waals surface area contributed by atoms with Gasteiger partial charge in [-0.1, -0.05) is 0 Å². The van der Waals surface area contributed by atoms with Crippen LogP contribution < -0.4 is 10.1 Å². The van der Waals surface area contributed by atoms with Crippen LogP contribution >= 0.6 is 11.3 Å². The number of hydrogen-bond donors (Lipinski definition) is 1. The molecule has 5 nitrogen and oxygen atoms in total. The Morgan fingerprint density at radius 2 is 2.41 bits per heavy atom. The fraction of sp³-hybridized carbons (Fsp3) is 0.429. The first-order valence-electron chi connectivity index (χ1n) is 6.90. The quantitative estimate of drug-likeness (QED) is 0.939. The second-order valence-electron chi connectivity index (χ2n) is 5.08. The molecule has 0 bridgehead atoms. The van der Waals surface area contributed by atoms with Crippen molar-refractivity contribution in [2.75, 3.05) is 0 Å². The molecule has 1 atom stereocenters. The number of amides is 1. The topological polar surface area (TPSA) is 56.2 Å². The van der Waals surface area contributed by atoms with Crippen LogP contribution in [0.25, 0.3) is 0 Å². The Balaban J connectivity index is 1.77. The largest absolute Gasteiger partial charge is 0.433 e. The van der Waals surface area contributed by atoms with Gasteiger partial charge in [-0.2, -0.15) is 13.9 Å². The minimum Gasteiger partial charge on any atom is -0.433 e. The van der Waals surface area contributed by atoms with Crippen molar-refractivity contribution in [3.05, 3.63) is 33.8 Å². The molecule has 0 aromatic carbocycles. The molecule has 3 rings (SSSR count). The van der Waals surface area contributed by atoms with Crippen LogP contribution in [0.4, 0.5) is 8.78 Å². The lowest BCUT2D eigenvalue weighted by atomic mass is 9.93. The van der Waals surface area contributed by atoms with Gasteiger partial charge in [0.1, 0.15) is 10.6 Å². The first-order valence-corrected chi connectivity index (χ1v) is 7.78. The van der Waals surface area contributed by atoms with Gasteiger partial charge in [-0.15, -0.1) is 11.3 Å². The Morgan fingerprint density at radius 3 is 3.18 bits per heavy atom. The van der Waals surface area contributed by atoms with E-state index in [9.17, 15) is 13.6 Å². The molecule has 118 valence electrons. The van der Waals surface area contributed by atoms with E-state index < -0.39 is 12.5 Å². The van der Waals surface area contributed by atoms with Crippen LogP contribution in [0.15, 0.2) is 17.6 Å². The Morgan fingerprint density at radius 1 is 1.59 bits per heavy atom. The van der Waals surface area contributed by atoms with Crippen molar-refractivity contribution in [2.45, 2.75) is 31.9 Å². The molecule has 0 fully saturated rings. The van der Waals surface area contributed by atoms with Gasteiger partial charge in [0.15, 0.2) is 0 Å². The smallest absolute Gasteiger partial charge is 0.387 e. The maximum atomic E-state index is 12.3. The minimum atomic E-state index is -2.94. The van der Waals surface area contributed by atoms with Crippen molar-refractivity contribution >= 4 is 17.2 Å². The molecule has 0 saturated carbocycles. The highest BCUT2D eigenvalue weighted by Crippen LogP contribution is 2.31. The summed E-state index contributed by atoms with van der Waals surface area (Å²) in [5.41, 5.74) is 2.10. The number of nitrogens with zero attached hydrogens (tertiary/aromatic N) is 2. The van der Waals surface area contributed by atoms with Crippen molar-refractivity contribution in [1.82, 2.24) is 15.1 Å². The number of ether oxygens (including phenoxy) is 1. The van der Waals surface area contributed by atoms with E-state index in [1.807, 2.05) is 11.7 Å². The van der Waals surface area contributed by atoms with Crippen LogP contribution in [0.5, 0.6) is 5.75 Å². The van der Waals surface area contributed by atoms with E-state index in [1.54, 1.807) is 11.6 Å². The molecular weight excluding hydrogens is 312 g/mol. The Labute approximate surface area is 129 Å². The number of alkyl halides is 2. The molecule has 1 aliphatic rings. The number of fused-ring (bicyclic) bond motifs is 1. The molecule has 0 spiro atoms. The van der Waals surface area contributed by atoms with Gasteiger partial charge in [-0.05, 0) is 30.7 Å². The van der Waals surface area contributed by atoms with Gasteiger partial charge >= 0.3 is 6.61 Å². The third-order valence-corrected chi connectivity index (χ3v) is 4.63. The van der Waals surface area contributed by atoms with Gasteiger partial charge in [0, 0.05) is 18.3 Å². The van der Waals surface area contributed by atoms with Crippen LogP contribution in [-0.2, 0) is 13.5 Å². The van der Waals surface area contributed by atoms with E-state index in [2.05, 4.69) is 15.2 Å². The Hall–Kier alpha value is -1.96. The normalized spacial score (nSPS) is 17.4. The molecule has 2 aromatic rings. The number of nitrogens with one attached hydrogen (secondary N) is 1. The maximum absolute atomic E-state index is 12.3. The highest BCUT2D eigenvalue weighted by molar-refractivity contribution is 7.12. The molecule has 1 aliphatic carbocycles. The molecule has 0 aliphatic heterocycles. The van der Waals surface area contributed by atoms with Gasteiger partial charge in [-0.25, -0.2) is 0 Å². The van der Waals surface area contributed by atoms with E-state index in [-0.39, 0.29) is 16.7 Å². The molecule has 22 heavy (non-hydrogen) atoms. The lowest BCUT2D eigenvalue weighted by Gasteiger charge is -2.23. The van der Waals surface area contributed by atoms with Crippen molar-refractivity contribution in [2.24, 2.45) is 7.05 Å². The van der Waals surface area contributed by atoms with E-state index in [0.29, 0.717) is 0 Å². The summed E-state index contributed by atoms with van der Waals surface area (Å²) >= 11 is 1.08. The summed E-state index contributed by atoms with van der Waals surface area (Å²) in [7, 11) is 1.87. The number of aryl methyl sites for hydroxylation is 1. The molecule has 2 aromatic heterocycles. The van der Waals surface area contributed by atoms with Crippen molar-refractivity contribution < 1.29 is 18.3 Å². The highest BCUT2D eigenvalue weighted by atomic mass is 32.1. The standard InChI is InChI=1S/C14H15F2N3O2S/c1-19-10-4-2-3-9(8(10)7-17-19)18-13(20)12-11(5-6-22-12)21-14(15)16/h5-7,9,14H,2-4H2,1H3,(H,18,20)/t9-/m1/s1. The first-order chi connectivity index (χ1) is 10.6. The zero-order valence-electron chi connectivity index (χ0n) is 11.9. The van der Waals surface area contributed by atoms with E-state index in [4.69, 9.17) is 0 Å². The monoisotopic (exact) mass is 327 g/mol. The number of carbonyl (C=O) groups excluding carboxylic acids is 1. The predicted octanol–water partition coefficient (Wildman–Crippen LogP) is 2.89. The molecule has 8 heteroatoms. The second-order valence-corrected chi connectivity index (χ2v) is 6.00. The van der Waals surface area contributed by atoms with Crippen LogP contribution in [0.2, 0.25) is 0 Å². The van der Waals surface area contributed by atoms with Crippen molar-refractivity contribution in [3.8, 4) is 5.75 Å². The molecule has 0 radical (unpaired) electrons. The number of carbonyl (C=O) groups is 1. The Kier molecular flexibility index (Phi) is 4.10. The summed E-state index contributed by atoms with van der Waals surface area (Å²) in [5, 5.41) is 8.68. The lowest BCUT2D eigenvalue weighted by molar-refractivity contribution is -0.0498. The van der Waals surface area contributed by atoms with Crippen LogP contribution in [0, 0.1) is 0 Å². The summed E-state index contributed by atoms with van der Waals surface area (Å²) in [4.78, 5) is 12.5. The fourth-order valence-corrected chi connectivity index (χ4v) is 3.46. The molecule has 2 heterocycles. The summed E-state index contributed by atoms with van der Waals surface area (Å²) in [6, 6.07) is 1.23. The van der Waals surface area contributed by atoms with Gasteiger partial charge in [0.05, 0.1) is 12.2 Å². The highest BCUT2D eigenvalue weighted by Gasteiger charge is 2.26. The minimum absolute atomic E-state index is 0.0836. The summed E-state index contributed by atoms with van der Waals surface area (Å²) < 4.78 is 30.9. The van der Waals surface area contributed by atoms with E-state index in [0.717, 1.165) is 41.9 Å². The zero-order chi connectivity index (χ0) is 15.7. The van der Waals surface area contributed by atoms with Gasteiger partial charge in [-0.3, -0.25) is 9.48 Å². The van der Waals surface area contributed by atoms with E-state index in [1.165, 1.54) is 6.07 Å². The zero-order valence-corrected chi connectivity index (χ0v) is 12.7. The number of rotatable bonds is 4. The summed E-state index contributed by atoms with van der Waals surface area (Å²) in [6.45, 7) is -2.94. The molecule has 1 N–H and O–H groups in total. The fourth-order valence-electron chi connectivity index (χ4n) is 2.73. The summed E-state index contributed by atoms with van der Waals surface area (Å²) in [5.74, 6) is -0.480. The SMILES string of the molecule is Cn1ncc2c1CCC[C@H]2NC(=O)c1sccc1OC(F)F. The molecule has 0 unspecified atom stereocenters. The molecule has 1 amide bonds. The van der Waals surface area contributed by atoms with Gasteiger partial charge < -0.3 is 10.1 Å². The number of hydrogen-bond acceptors (Lipinski definition) is 4. The average Bonchev–Trinajstić information content (AvgIpc) is 3.06. The van der Waals surface area contributed by atoms with E-state index >= 15 is 0 Å². The maximum Gasteiger partial charge on any atom is 0.387 e. The average molecular weight is 327 g/mol. The third-order valence-electron chi connectivity index (χ3n) is 3.73. The lowest BCUT2D eigenvalue weighted by Crippen LogP contribution is -2.30. The number of thiophene rings is 1. The molecule has 0 saturated heterocycles. The van der Waals surface area contributed by atoms with Crippen LogP contribution in [0.1, 0.15) is 39.8 Å². The van der Waals surface area contributed by atoms with Crippen LogP contribution in [0.3, 0.4) is 0 Å². The van der Waals surface area contributed by atoms with Crippen molar-refractivity contribution in [3.63, 3.8) is 0 Å². The summed E-state index contributed by atoms with van der Waals surface area (Å²) in [6.07, 6.45) is 4.44. The Bertz CT molecular complexity index is 683. The number of halogens is 2. The second kappa shape index (κ2) is 6.04. The molecular formula is C14H15F2N3O2S. The third kappa shape index (κ3) is 2.83. The predicted molar refractivity (Wildman–Crippen MR) is 77.3 cm³/mol. The van der Waals surface area contributed by atoms with Gasteiger partial charge in [0.2, 0.25) is 0 Å². The van der Waals surface area contributed by atoms with Crippen molar-refractivity contribution in [1.29, 1.82) is 0 Å².